The molecule has 0 aliphatic carbocycles. The molecule has 0 aromatic heterocycles. The molecule has 1 fully saturated rings. The molecule has 0 radical (unpaired) electrons. The van der Waals surface area contributed by atoms with Gasteiger partial charge < -0.3 is 15.5 Å². The van der Waals surface area contributed by atoms with Gasteiger partial charge in [0.05, 0.1) is 12.6 Å². The molecule has 0 spiro atoms. The Balaban J connectivity index is 2.64. The standard InChI is InChI=1S/C12H23N3O2/c1-12(2)6-5-7-14-10(12)11(17)15(4)8-9(16)13-3/h10,14H,5-8H2,1-4H3,(H,13,16). The Morgan fingerprint density at radius 3 is 2.65 bits per heavy atom. The highest BCUT2D eigenvalue weighted by Gasteiger charge is 2.38. The first-order valence-corrected chi connectivity index (χ1v) is 6.07. The van der Waals surface area contributed by atoms with Crippen molar-refractivity contribution in [2.24, 2.45) is 5.41 Å². The summed E-state index contributed by atoms with van der Waals surface area (Å²) < 4.78 is 0. The molecule has 1 aliphatic heterocycles. The smallest absolute Gasteiger partial charge is 0.240 e. The molecule has 1 aliphatic rings. The number of nitrogens with one attached hydrogen (secondary N) is 2. The maximum Gasteiger partial charge on any atom is 0.240 e. The highest BCUT2D eigenvalue weighted by atomic mass is 16.2. The number of hydrogen-bond acceptors (Lipinski definition) is 3. The zero-order valence-corrected chi connectivity index (χ0v) is 11.2. The first kappa shape index (κ1) is 14.0. The molecule has 0 aromatic rings. The van der Waals surface area contributed by atoms with Crippen molar-refractivity contribution in [3.63, 3.8) is 0 Å². The summed E-state index contributed by atoms with van der Waals surface area (Å²) in [6.07, 6.45) is 2.13. The van der Waals surface area contributed by atoms with Crippen LogP contribution >= 0.6 is 0 Å². The van der Waals surface area contributed by atoms with Crippen molar-refractivity contribution in [2.75, 3.05) is 27.2 Å². The molecule has 1 unspecified atom stereocenters. The van der Waals surface area contributed by atoms with Gasteiger partial charge in [0.25, 0.3) is 0 Å². The van der Waals surface area contributed by atoms with E-state index in [1.165, 1.54) is 4.90 Å². The third-order valence-corrected chi connectivity index (χ3v) is 3.41. The van der Waals surface area contributed by atoms with Crippen molar-refractivity contribution in [3.8, 4) is 0 Å². The van der Waals surface area contributed by atoms with Crippen LogP contribution in [0.5, 0.6) is 0 Å². The molecule has 1 saturated heterocycles. The Bertz CT molecular complexity index is 302. The fourth-order valence-electron chi connectivity index (χ4n) is 2.23. The molecule has 0 saturated carbocycles. The quantitative estimate of drug-likeness (QED) is 0.729. The lowest BCUT2D eigenvalue weighted by Gasteiger charge is -2.39. The molecule has 17 heavy (non-hydrogen) atoms. The maximum atomic E-state index is 12.2. The van der Waals surface area contributed by atoms with E-state index in [1.54, 1.807) is 14.1 Å². The lowest BCUT2D eigenvalue weighted by molar-refractivity contribution is -0.139. The van der Waals surface area contributed by atoms with Gasteiger partial charge in [-0.2, -0.15) is 0 Å². The number of rotatable bonds is 3. The fourth-order valence-corrected chi connectivity index (χ4v) is 2.23. The van der Waals surface area contributed by atoms with Gasteiger partial charge in [0, 0.05) is 14.1 Å². The topological polar surface area (TPSA) is 61.4 Å². The third kappa shape index (κ3) is 3.43. The molecule has 2 amide bonds. The van der Waals surface area contributed by atoms with E-state index in [4.69, 9.17) is 0 Å². The van der Waals surface area contributed by atoms with Crippen molar-refractivity contribution in [3.05, 3.63) is 0 Å². The number of hydrogen-bond donors (Lipinski definition) is 2. The van der Waals surface area contributed by atoms with Gasteiger partial charge in [0.15, 0.2) is 0 Å². The van der Waals surface area contributed by atoms with Gasteiger partial charge in [-0.1, -0.05) is 13.8 Å². The summed E-state index contributed by atoms with van der Waals surface area (Å²) in [6, 6.07) is -0.189. The van der Waals surface area contributed by atoms with E-state index in [0.717, 1.165) is 19.4 Å². The van der Waals surface area contributed by atoms with Crippen LogP contribution in [0.25, 0.3) is 0 Å². The zero-order valence-electron chi connectivity index (χ0n) is 11.2. The largest absolute Gasteiger partial charge is 0.358 e. The van der Waals surface area contributed by atoms with Crippen molar-refractivity contribution < 1.29 is 9.59 Å². The van der Waals surface area contributed by atoms with E-state index in [2.05, 4.69) is 24.5 Å². The molecule has 5 nitrogen and oxygen atoms in total. The summed E-state index contributed by atoms with van der Waals surface area (Å²) in [5, 5.41) is 5.78. The number of nitrogens with zero attached hydrogens (tertiary/aromatic N) is 1. The van der Waals surface area contributed by atoms with Gasteiger partial charge in [0.1, 0.15) is 0 Å². The SMILES string of the molecule is CNC(=O)CN(C)C(=O)C1NCCCC1(C)C. The van der Waals surface area contributed by atoms with Gasteiger partial charge >= 0.3 is 0 Å². The Kier molecular flexibility index (Phi) is 4.51. The Morgan fingerprint density at radius 1 is 1.47 bits per heavy atom. The first-order chi connectivity index (χ1) is 7.88. The molecule has 5 heteroatoms. The zero-order chi connectivity index (χ0) is 13.1. The lowest BCUT2D eigenvalue weighted by atomic mass is 9.77. The van der Waals surface area contributed by atoms with Gasteiger partial charge in [-0.25, -0.2) is 0 Å². The molecule has 0 aromatic carbocycles. The second kappa shape index (κ2) is 5.49. The third-order valence-electron chi connectivity index (χ3n) is 3.41. The highest BCUT2D eigenvalue weighted by Crippen LogP contribution is 2.30. The predicted octanol–water partition coefficient (Wildman–Crippen LogP) is -0.0310. The van der Waals surface area contributed by atoms with E-state index >= 15 is 0 Å². The van der Waals surface area contributed by atoms with E-state index < -0.39 is 0 Å². The number of piperidine rings is 1. The normalized spacial score (nSPS) is 22.9. The molecule has 1 heterocycles. The van der Waals surface area contributed by atoms with E-state index in [-0.39, 0.29) is 29.8 Å². The summed E-state index contributed by atoms with van der Waals surface area (Å²) in [4.78, 5) is 25.0. The van der Waals surface area contributed by atoms with E-state index in [9.17, 15) is 9.59 Å². The lowest BCUT2D eigenvalue weighted by Crippen LogP contribution is -2.56. The molecule has 0 bridgehead atoms. The minimum Gasteiger partial charge on any atom is -0.358 e. The summed E-state index contributed by atoms with van der Waals surface area (Å²) in [5.41, 5.74) is -0.0493. The van der Waals surface area contributed by atoms with Crippen LogP contribution < -0.4 is 10.6 Å². The Hall–Kier alpha value is -1.10. The Labute approximate surface area is 103 Å². The van der Waals surface area contributed by atoms with E-state index in [1.807, 2.05) is 0 Å². The number of carbonyl (C=O) groups excluding carboxylic acids is 2. The van der Waals surface area contributed by atoms with Crippen LogP contribution in [0.2, 0.25) is 0 Å². The van der Waals surface area contributed by atoms with Crippen LogP contribution in [0.15, 0.2) is 0 Å². The average molecular weight is 241 g/mol. The summed E-state index contributed by atoms with van der Waals surface area (Å²) in [6.45, 7) is 5.17. The number of amides is 2. The highest BCUT2D eigenvalue weighted by molar-refractivity contribution is 5.87. The predicted molar refractivity (Wildman–Crippen MR) is 66.5 cm³/mol. The van der Waals surface area contributed by atoms with Gasteiger partial charge in [-0.3, -0.25) is 9.59 Å². The maximum absolute atomic E-state index is 12.2. The minimum atomic E-state index is -0.189. The van der Waals surface area contributed by atoms with Crippen molar-refractivity contribution >= 4 is 11.8 Å². The van der Waals surface area contributed by atoms with Gasteiger partial charge in [-0.15, -0.1) is 0 Å². The molecule has 1 rings (SSSR count). The molecular weight excluding hydrogens is 218 g/mol. The van der Waals surface area contributed by atoms with Crippen LogP contribution in [0, 0.1) is 5.41 Å². The minimum absolute atomic E-state index is 0.00157. The number of likely N-dealkylation sites (N-methyl/N-ethyl adjacent to an activating group) is 2. The second-order valence-corrected chi connectivity index (χ2v) is 5.35. The second-order valence-electron chi connectivity index (χ2n) is 5.35. The van der Waals surface area contributed by atoms with Gasteiger partial charge in [-0.05, 0) is 24.8 Å². The van der Waals surface area contributed by atoms with Gasteiger partial charge in [0.2, 0.25) is 11.8 Å². The monoisotopic (exact) mass is 241 g/mol. The van der Waals surface area contributed by atoms with Crippen LogP contribution in [-0.2, 0) is 9.59 Å². The van der Waals surface area contributed by atoms with E-state index in [0.29, 0.717) is 0 Å². The molecule has 1 atom stereocenters. The van der Waals surface area contributed by atoms with Crippen LogP contribution in [0.4, 0.5) is 0 Å². The summed E-state index contributed by atoms with van der Waals surface area (Å²) in [7, 11) is 3.24. The first-order valence-electron chi connectivity index (χ1n) is 6.07. The number of carbonyl (C=O) groups is 2. The molecule has 2 N–H and O–H groups in total. The molecular formula is C12H23N3O2. The average Bonchev–Trinajstić information content (AvgIpc) is 2.27. The summed E-state index contributed by atoms with van der Waals surface area (Å²) >= 11 is 0. The van der Waals surface area contributed by atoms with Crippen LogP contribution in [0.1, 0.15) is 26.7 Å². The van der Waals surface area contributed by atoms with Crippen LogP contribution in [0.3, 0.4) is 0 Å². The van der Waals surface area contributed by atoms with Crippen molar-refractivity contribution in [2.45, 2.75) is 32.7 Å². The Morgan fingerprint density at radius 2 is 2.12 bits per heavy atom. The van der Waals surface area contributed by atoms with Crippen molar-refractivity contribution in [1.29, 1.82) is 0 Å². The van der Waals surface area contributed by atoms with Crippen LogP contribution in [-0.4, -0.2) is 49.9 Å². The summed E-state index contributed by atoms with van der Waals surface area (Å²) in [5.74, 6) is -0.146. The fraction of sp³-hybridized carbons (Fsp3) is 0.833. The molecule has 98 valence electrons. The van der Waals surface area contributed by atoms with Crippen molar-refractivity contribution in [1.82, 2.24) is 15.5 Å².